The maximum absolute atomic E-state index is 13.4. The molecule has 1 amide bonds. The largest absolute Gasteiger partial charge is 0.490 e. The number of benzene rings is 1. The highest BCUT2D eigenvalue weighted by molar-refractivity contribution is 6.04. The predicted molar refractivity (Wildman–Crippen MR) is 121 cm³/mol. The van der Waals surface area contributed by atoms with E-state index in [1.54, 1.807) is 24.4 Å². The summed E-state index contributed by atoms with van der Waals surface area (Å²) in [6, 6.07) is 9.03. The fraction of sp³-hybridized carbons (Fsp3) is 0.304. The first-order valence-electron chi connectivity index (χ1n) is 10.8. The van der Waals surface area contributed by atoms with Gasteiger partial charge < -0.3 is 20.3 Å². The Hall–Kier alpha value is -4.00. The number of hydrogen-bond acceptors (Lipinski definition) is 5. The standard InChI is InChI=1S/C21H22FN5O2.C2HF3O2/c22-16-5-1-3-14(9-16)12-27-13-17(6-7-19(27)28)25-21(29)18-11-24-26-20(18)15-4-2-8-23-10-15;3-2(4,5)1(6)7/h1,3,5-7,9,11,13,15,23H,2,4,8,10,12H2,(H,24,26)(H,25,29);(H,6,7). The van der Waals surface area contributed by atoms with Gasteiger partial charge in [0.1, 0.15) is 5.82 Å². The Labute approximate surface area is 202 Å². The molecule has 1 aliphatic heterocycles. The molecule has 0 spiro atoms. The summed E-state index contributed by atoms with van der Waals surface area (Å²) in [4.78, 5) is 33.9. The number of carboxylic acids is 1. The highest BCUT2D eigenvalue weighted by atomic mass is 19.4. The van der Waals surface area contributed by atoms with Gasteiger partial charge in [-0.15, -0.1) is 0 Å². The van der Waals surface area contributed by atoms with Crippen LogP contribution >= 0.6 is 0 Å². The lowest BCUT2D eigenvalue weighted by Gasteiger charge is -2.22. The molecule has 4 N–H and O–H groups in total. The number of carbonyl (C=O) groups is 2. The zero-order chi connectivity index (χ0) is 26.3. The van der Waals surface area contributed by atoms with Gasteiger partial charge in [0.15, 0.2) is 0 Å². The van der Waals surface area contributed by atoms with E-state index < -0.39 is 12.1 Å². The second-order valence-electron chi connectivity index (χ2n) is 8.01. The van der Waals surface area contributed by atoms with Crippen molar-refractivity contribution >= 4 is 17.6 Å². The van der Waals surface area contributed by atoms with Gasteiger partial charge >= 0.3 is 12.1 Å². The van der Waals surface area contributed by atoms with Crippen molar-refractivity contribution in [1.82, 2.24) is 20.1 Å². The molecule has 0 saturated carbocycles. The maximum atomic E-state index is 13.4. The van der Waals surface area contributed by atoms with Crippen LogP contribution in [-0.4, -0.2) is 51.0 Å². The molecule has 2 aromatic heterocycles. The van der Waals surface area contributed by atoms with Crippen molar-refractivity contribution < 1.29 is 32.3 Å². The SMILES string of the molecule is O=C(Nc1ccc(=O)n(Cc2cccc(F)c2)c1)c1cn[nH]c1C1CCCNC1.O=C(O)C(F)(F)F. The van der Waals surface area contributed by atoms with Crippen LogP contribution in [-0.2, 0) is 11.3 Å². The third-order valence-corrected chi connectivity index (χ3v) is 5.34. The van der Waals surface area contributed by atoms with Crippen LogP contribution in [0.25, 0.3) is 0 Å². The summed E-state index contributed by atoms with van der Waals surface area (Å²) in [7, 11) is 0. The molecule has 1 fully saturated rings. The number of carboxylic acid groups (broad SMARTS) is 1. The van der Waals surface area contributed by atoms with Gasteiger partial charge in [-0.2, -0.15) is 18.3 Å². The number of amides is 1. The minimum absolute atomic E-state index is 0.213. The molecule has 3 heterocycles. The molecule has 0 radical (unpaired) electrons. The number of H-pyrrole nitrogens is 1. The number of aromatic nitrogens is 3. The van der Waals surface area contributed by atoms with E-state index in [0.717, 1.165) is 31.6 Å². The third kappa shape index (κ3) is 7.25. The van der Waals surface area contributed by atoms with E-state index in [2.05, 4.69) is 20.8 Å². The number of anilines is 1. The summed E-state index contributed by atoms with van der Waals surface area (Å²) in [6.07, 6.45) is 0.0544. The molecule has 1 saturated heterocycles. The van der Waals surface area contributed by atoms with Crippen molar-refractivity contribution in [1.29, 1.82) is 0 Å². The predicted octanol–water partition coefficient (Wildman–Crippen LogP) is 3.11. The van der Waals surface area contributed by atoms with Gasteiger partial charge in [0.25, 0.3) is 11.5 Å². The Morgan fingerprint density at radius 2 is 1.97 bits per heavy atom. The van der Waals surface area contributed by atoms with Crippen LogP contribution in [0.4, 0.5) is 23.2 Å². The Bertz CT molecular complexity index is 1270. The van der Waals surface area contributed by atoms with Crippen molar-refractivity contribution in [2.24, 2.45) is 0 Å². The van der Waals surface area contributed by atoms with Gasteiger partial charge in [-0.3, -0.25) is 14.7 Å². The van der Waals surface area contributed by atoms with Crippen LogP contribution in [0.1, 0.15) is 40.4 Å². The number of aliphatic carboxylic acids is 1. The molecule has 3 aromatic rings. The summed E-state index contributed by atoms with van der Waals surface area (Å²) in [5.41, 5.74) is 2.24. The number of aromatic amines is 1. The highest BCUT2D eigenvalue weighted by Gasteiger charge is 2.38. The van der Waals surface area contributed by atoms with Crippen LogP contribution in [0.5, 0.6) is 0 Å². The lowest BCUT2D eigenvalue weighted by Crippen LogP contribution is -2.29. The monoisotopic (exact) mass is 509 g/mol. The summed E-state index contributed by atoms with van der Waals surface area (Å²) >= 11 is 0. The molecule has 4 rings (SSSR count). The molecular formula is C23H23F4N5O4. The van der Waals surface area contributed by atoms with E-state index in [1.165, 1.54) is 29.0 Å². The van der Waals surface area contributed by atoms with Crippen LogP contribution < -0.4 is 16.2 Å². The van der Waals surface area contributed by atoms with Crippen LogP contribution in [0.3, 0.4) is 0 Å². The van der Waals surface area contributed by atoms with Crippen molar-refractivity contribution in [3.8, 4) is 0 Å². The first-order valence-corrected chi connectivity index (χ1v) is 10.8. The van der Waals surface area contributed by atoms with Gasteiger partial charge in [-0.25, -0.2) is 9.18 Å². The molecule has 0 aliphatic carbocycles. The molecule has 9 nitrogen and oxygen atoms in total. The molecule has 192 valence electrons. The Balaban J connectivity index is 0.000000454. The molecular weight excluding hydrogens is 486 g/mol. The molecule has 13 heteroatoms. The number of halogens is 4. The summed E-state index contributed by atoms with van der Waals surface area (Å²) in [5.74, 6) is -3.18. The van der Waals surface area contributed by atoms with E-state index in [1.807, 2.05) is 0 Å². The van der Waals surface area contributed by atoms with Crippen molar-refractivity contribution in [2.45, 2.75) is 31.5 Å². The number of nitrogens with zero attached hydrogens (tertiary/aromatic N) is 2. The quantitative estimate of drug-likeness (QED) is 0.391. The number of alkyl halides is 3. The average Bonchev–Trinajstić information content (AvgIpc) is 3.32. The van der Waals surface area contributed by atoms with E-state index >= 15 is 0 Å². The first-order chi connectivity index (χ1) is 17.0. The van der Waals surface area contributed by atoms with E-state index in [9.17, 15) is 27.2 Å². The van der Waals surface area contributed by atoms with Crippen molar-refractivity contribution in [3.05, 3.63) is 81.8 Å². The number of pyridine rings is 1. The topological polar surface area (TPSA) is 129 Å². The molecule has 1 aliphatic rings. The Kier molecular flexibility index (Phi) is 8.59. The lowest BCUT2D eigenvalue weighted by molar-refractivity contribution is -0.192. The first kappa shape index (κ1) is 26.6. The minimum atomic E-state index is -5.08. The average molecular weight is 509 g/mol. The van der Waals surface area contributed by atoms with Gasteiger partial charge in [0.2, 0.25) is 0 Å². The zero-order valence-electron chi connectivity index (χ0n) is 18.8. The molecule has 0 bridgehead atoms. The number of piperidine rings is 1. The molecule has 1 aromatic carbocycles. The second kappa shape index (κ2) is 11.6. The van der Waals surface area contributed by atoms with Crippen LogP contribution in [0.2, 0.25) is 0 Å². The zero-order valence-corrected chi connectivity index (χ0v) is 18.8. The smallest absolute Gasteiger partial charge is 0.475 e. The summed E-state index contributed by atoms with van der Waals surface area (Å²) in [5, 5.41) is 20.3. The number of nitrogens with one attached hydrogen (secondary N) is 3. The van der Waals surface area contributed by atoms with Crippen molar-refractivity contribution in [2.75, 3.05) is 18.4 Å². The Morgan fingerprint density at radius 3 is 2.61 bits per heavy atom. The van der Waals surface area contributed by atoms with E-state index in [4.69, 9.17) is 9.90 Å². The van der Waals surface area contributed by atoms with E-state index in [0.29, 0.717) is 16.8 Å². The highest BCUT2D eigenvalue weighted by Crippen LogP contribution is 2.25. The van der Waals surface area contributed by atoms with Gasteiger partial charge in [0, 0.05) is 24.7 Å². The van der Waals surface area contributed by atoms with Gasteiger partial charge in [-0.05, 0) is 43.1 Å². The van der Waals surface area contributed by atoms with Gasteiger partial charge in [0.05, 0.1) is 29.7 Å². The Morgan fingerprint density at radius 1 is 1.22 bits per heavy atom. The van der Waals surface area contributed by atoms with Crippen LogP contribution in [0.15, 0.2) is 53.6 Å². The molecule has 36 heavy (non-hydrogen) atoms. The van der Waals surface area contributed by atoms with E-state index in [-0.39, 0.29) is 29.7 Å². The minimum Gasteiger partial charge on any atom is -0.475 e. The van der Waals surface area contributed by atoms with Crippen molar-refractivity contribution in [3.63, 3.8) is 0 Å². The maximum Gasteiger partial charge on any atom is 0.490 e. The number of carbonyl (C=O) groups excluding carboxylic acids is 1. The van der Waals surface area contributed by atoms with Gasteiger partial charge in [-0.1, -0.05) is 12.1 Å². The fourth-order valence-corrected chi connectivity index (χ4v) is 3.65. The fourth-order valence-electron chi connectivity index (χ4n) is 3.65. The number of hydrogen-bond donors (Lipinski definition) is 4. The normalized spacial score (nSPS) is 15.5. The van der Waals surface area contributed by atoms with Crippen LogP contribution in [0, 0.1) is 5.82 Å². The summed E-state index contributed by atoms with van der Waals surface area (Å²) < 4.78 is 46.6. The number of rotatable bonds is 5. The molecule has 1 unspecified atom stereocenters. The lowest BCUT2D eigenvalue weighted by atomic mass is 9.93. The molecule has 1 atom stereocenters. The third-order valence-electron chi connectivity index (χ3n) is 5.34. The summed E-state index contributed by atoms with van der Waals surface area (Å²) in [6.45, 7) is 2.00. The second-order valence-corrected chi connectivity index (χ2v) is 8.01.